The van der Waals surface area contributed by atoms with Crippen molar-refractivity contribution in [2.45, 2.75) is 13.2 Å². The van der Waals surface area contributed by atoms with Crippen LogP contribution < -0.4 is 4.74 Å². The Hall–Kier alpha value is -2.59. The number of hydrogen-bond donors (Lipinski definition) is 0. The summed E-state index contributed by atoms with van der Waals surface area (Å²) in [6.07, 6.45) is 0. The zero-order valence-corrected chi connectivity index (χ0v) is 14.3. The molecule has 122 valence electrons. The van der Waals surface area contributed by atoms with Gasteiger partial charge < -0.3 is 9.64 Å². The normalized spacial score (nSPS) is 10.4. The zero-order chi connectivity index (χ0) is 16.8. The SMILES string of the molecule is CN(Cc1cccs1)C(=O)c1ccc(OCc2ccccc2)cc1. The number of nitrogens with zero attached hydrogens (tertiary/aromatic N) is 1. The van der Waals surface area contributed by atoms with Crippen LogP contribution in [0.1, 0.15) is 20.8 Å². The summed E-state index contributed by atoms with van der Waals surface area (Å²) < 4.78 is 5.75. The number of carbonyl (C=O) groups excluding carboxylic acids is 1. The zero-order valence-electron chi connectivity index (χ0n) is 13.5. The number of amides is 1. The highest BCUT2D eigenvalue weighted by Crippen LogP contribution is 2.17. The Morgan fingerprint density at radius 3 is 2.42 bits per heavy atom. The lowest BCUT2D eigenvalue weighted by molar-refractivity contribution is 0.0786. The van der Waals surface area contributed by atoms with E-state index in [0.717, 1.165) is 11.3 Å². The van der Waals surface area contributed by atoms with E-state index < -0.39 is 0 Å². The number of ether oxygens (including phenoxy) is 1. The van der Waals surface area contributed by atoms with Crippen molar-refractivity contribution in [1.29, 1.82) is 0 Å². The van der Waals surface area contributed by atoms with Crippen LogP contribution in [0.3, 0.4) is 0 Å². The van der Waals surface area contributed by atoms with Crippen molar-refractivity contribution in [2.75, 3.05) is 7.05 Å². The Labute approximate surface area is 146 Å². The molecule has 0 aliphatic carbocycles. The lowest BCUT2D eigenvalue weighted by atomic mass is 10.2. The van der Waals surface area contributed by atoms with Gasteiger partial charge in [0, 0.05) is 17.5 Å². The summed E-state index contributed by atoms with van der Waals surface area (Å²) in [4.78, 5) is 15.4. The largest absolute Gasteiger partial charge is 0.489 e. The number of rotatable bonds is 6. The summed E-state index contributed by atoms with van der Waals surface area (Å²) in [6, 6.07) is 21.4. The van der Waals surface area contributed by atoms with Crippen molar-refractivity contribution < 1.29 is 9.53 Å². The monoisotopic (exact) mass is 337 g/mol. The molecule has 1 heterocycles. The van der Waals surface area contributed by atoms with Crippen LogP contribution in [0.15, 0.2) is 72.1 Å². The Morgan fingerprint density at radius 1 is 1.00 bits per heavy atom. The molecule has 4 heteroatoms. The third-order valence-electron chi connectivity index (χ3n) is 3.67. The molecule has 0 bridgehead atoms. The van der Waals surface area contributed by atoms with E-state index >= 15 is 0 Å². The average molecular weight is 337 g/mol. The standard InChI is InChI=1S/C20H19NO2S/c1-21(14-19-8-5-13-24-19)20(22)17-9-11-18(12-10-17)23-15-16-6-3-2-4-7-16/h2-13H,14-15H2,1H3. The van der Waals surface area contributed by atoms with E-state index in [1.54, 1.807) is 16.2 Å². The number of benzene rings is 2. The molecule has 0 fully saturated rings. The van der Waals surface area contributed by atoms with Gasteiger partial charge in [-0.05, 0) is 41.3 Å². The van der Waals surface area contributed by atoms with Gasteiger partial charge in [0.15, 0.2) is 0 Å². The summed E-state index contributed by atoms with van der Waals surface area (Å²) >= 11 is 1.66. The van der Waals surface area contributed by atoms with Gasteiger partial charge in [-0.2, -0.15) is 0 Å². The fourth-order valence-electron chi connectivity index (χ4n) is 2.36. The Bertz CT molecular complexity index is 767. The smallest absolute Gasteiger partial charge is 0.253 e. The van der Waals surface area contributed by atoms with Crippen LogP contribution >= 0.6 is 11.3 Å². The fourth-order valence-corrected chi connectivity index (χ4v) is 3.12. The van der Waals surface area contributed by atoms with Gasteiger partial charge in [0.25, 0.3) is 5.91 Å². The van der Waals surface area contributed by atoms with Crippen LogP contribution in [-0.4, -0.2) is 17.9 Å². The van der Waals surface area contributed by atoms with Crippen molar-refractivity contribution in [3.8, 4) is 5.75 Å². The van der Waals surface area contributed by atoms with Crippen molar-refractivity contribution in [3.63, 3.8) is 0 Å². The van der Waals surface area contributed by atoms with E-state index in [1.165, 1.54) is 4.88 Å². The van der Waals surface area contributed by atoms with Crippen molar-refractivity contribution in [2.24, 2.45) is 0 Å². The van der Waals surface area contributed by atoms with E-state index in [0.29, 0.717) is 18.7 Å². The molecule has 0 spiro atoms. The van der Waals surface area contributed by atoms with E-state index in [1.807, 2.05) is 79.2 Å². The van der Waals surface area contributed by atoms with Gasteiger partial charge in [-0.15, -0.1) is 11.3 Å². The molecular weight excluding hydrogens is 318 g/mol. The maximum atomic E-state index is 12.5. The quantitative estimate of drug-likeness (QED) is 0.658. The first-order valence-electron chi connectivity index (χ1n) is 7.77. The van der Waals surface area contributed by atoms with Crippen molar-refractivity contribution in [1.82, 2.24) is 4.90 Å². The minimum absolute atomic E-state index is 0.0120. The van der Waals surface area contributed by atoms with Crippen LogP contribution in [0.4, 0.5) is 0 Å². The van der Waals surface area contributed by atoms with Crippen molar-refractivity contribution in [3.05, 3.63) is 88.1 Å². The molecule has 0 N–H and O–H groups in total. The molecule has 0 saturated heterocycles. The average Bonchev–Trinajstić information content (AvgIpc) is 3.13. The molecular formula is C20H19NO2S. The van der Waals surface area contributed by atoms with E-state index in [2.05, 4.69) is 0 Å². The summed E-state index contributed by atoms with van der Waals surface area (Å²) in [7, 11) is 1.82. The van der Waals surface area contributed by atoms with Gasteiger partial charge in [0.2, 0.25) is 0 Å². The Morgan fingerprint density at radius 2 is 1.75 bits per heavy atom. The molecule has 1 amide bonds. The highest BCUT2D eigenvalue weighted by atomic mass is 32.1. The molecule has 0 atom stereocenters. The maximum absolute atomic E-state index is 12.5. The molecule has 3 rings (SSSR count). The van der Waals surface area contributed by atoms with Gasteiger partial charge >= 0.3 is 0 Å². The second-order valence-corrected chi connectivity index (χ2v) is 6.57. The highest BCUT2D eigenvalue weighted by molar-refractivity contribution is 7.09. The van der Waals surface area contributed by atoms with E-state index in [-0.39, 0.29) is 5.91 Å². The predicted molar refractivity (Wildman–Crippen MR) is 97.3 cm³/mol. The molecule has 0 radical (unpaired) electrons. The van der Waals surface area contributed by atoms with Gasteiger partial charge in [0.1, 0.15) is 12.4 Å². The topological polar surface area (TPSA) is 29.5 Å². The maximum Gasteiger partial charge on any atom is 0.253 e. The number of hydrogen-bond acceptors (Lipinski definition) is 3. The first-order chi connectivity index (χ1) is 11.7. The summed E-state index contributed by atoms with van der Waals surface area (Å²) in [6.45, 7) is 1.15. The lowest BCUT2D eigenvalue weighted by Gasteiger charge is -2.16. The first-order valence-corrected chi connectivity index (χ1v) is 8.65. The van der Waals surface area contributed by atoms with E-state index in [4.69, 9.17) is 4.74 Å². The minimum atomic E-state index is 0.0120. The van der Waals surface area contributed by atoms with Crippen LogP contribution in [0.2, 0.25) is 0 Å². The fraction of sp³-hybridized carbons (Fsp3) is 0.150. The molecule has 0 unspecified atom stereocenters. The number of thiophene rings is 1. The third kappa shape index (κ3) is 4.24. The summed E-state index contributed by atoms with van der Waals surface area (Å²) in [5.41, 5.74) is 1.79. The molecule has 0 aliphatic rings. The van der Waals surface area contributed by atoms with Crippen LogP contribution in [-0.2, 0) is 13.2 Å². The Kier molecular flexibility index (Phi) is 5.29. The first kappa shape index (κ1) is 16.3. The Balaban J connectivity index is 1.58. The van der Waals surface area contributed by atoms with Crippen LogP contribution in [0.5, 0.6) is 5.75 Å². The third-order valence-corrected chi connectivity index (χ3v) is 4.53. The predicted octanol–water partition coefficient (Wildman–Crippen LogP) is 4.60. The molecule has 3 nitrogen and oxygen atoms in total. The highest BCUT2D eigenvalue weighted by Gasteiger charge is 2.12. The summed E-state index contributed by atoms with van der Waals surface area (Å²) in [5.74, 6) is 0.773. The second-order valence-electron chi connectivity index (χ2n) is 5.54. The molecule has 24 heavy (non-hydrogen) atoms. The minimum Gasteiger partial charge on any atom is -0.489 e. The van der Waals surface area contributed by atoms with E-state index in [9.17, 15) is 4.79 Å². The second kappa shape index (κ2) is 7.79. The molecule has 3 aromatic rings. The van der Waals surface area contributed by atoms with Gasteiger partial charge in [-0.25, -0.2) is 0 Å². The summed E-state index contributed by atoms with van der Waals surface area (Å²) in [5, 5.41) is 2.02. The molecule has 1 aromatic heterocycles. The van der Waals surface area contributed by atoms with Crippen LogP contribution in [0, 0.1) is 0 Å². The van der Waals surface area contributed by atoms with Crippen LogP contribution in [0.25, 0.3) is 0 Å². The lowest BCUT2D eigenvalue weighted by Crippen LogP contribution is -2.25. The number of carbonyl (C=O) groups is 1. The van der Waals surface area contributed by atoms with Gasteiger partial charge in [0.05, 0.1) is 6.54 Å². The molecule has 0 aliphatic heterocycles. The van der Waals surface area contributed by atoms with Gasteiger partial charge in [-0.1, -0.05) is 36.4 Å². The molecule has 0 saturated carbocycles. The molecule has 2 aromatic carbocycles. The van der Waals surface area contributed by atoms with Crippen molar-refractivity contribution >= 4 is 17.2 Å². The van der Waals surface area contributed by atoms with Gasteiger partial charge in [-0.3, -0.25) is 4.79 Å².